The van der Waals surface area contributed by atoms with E-state index in [1.807, 2.05) is 26.2 Å². The summed E-state index contributed by atoms with van der Waals surface area (Å²) >= 11 is 5.82. The average molecular weight is 282 g/mol. The van der Waals surface area contributed by atoms with Gasteiger partial charge in [-0.15, -0.1) is 0 Å². The SMILES string of the molecule is CN(C)C1CNCC(C(=O)Nc2ccc(Cl)cc2)C1. The number of anilines is 1. The van der Waals surface area contributed by atoms with Crippen molar-refractivity contribution in [3.63, 3.8) is 0 Å². The maximum atomic E-state index is 12.2. The Morgan fingerprint density at radius 1 is 1.32 bits per heavy atom. The molecule has 0 aliphatic carbocycles. The molecule has 104 valence electrons. The van der Waals surface area contributed by atoms with Crippen molar-refractivity contribution in [2.75, 3.05) is 32.5 Å². The van der Waals surface area contributed by atoms with E-state index in [9.17, 15) is 4.79 Å². The van der Waals surface area contributed by atoms with Crippen LogP contribution in [0.25, 0.3) is 0 Å². The number of amides is 1. The number of hydrogen-bond acceptors (Lipinski definition) is 3. The molecule has 1 amide bonds. The van der Waals surface area contributed by atoms with E-state index >= 15 is 0 Å². The van der Waals surface area contributed by atoms with Crippen molar-refractivity contribution in [1.29, 1.82) is 0 Å². The number of carbonyl (C=O) groups excluding carboxylic acids is 1. The van der Waals surface area contributed by atoms with E-state index in [0.717, 1.165) is 25.2 Å². The third kappa shape index (κ3) is 3.93. The number of rotatable bonds is 3. The zero-order valence-electron chi connectivity index (χ0n) is 11.3. The Balaban J connectivity index is 1.94. The molecule has 1 heterocycles. The third-order valence-electron chi connectivity index (χ3n) is 3.54. The van der Waals surface area contributed by atoms with E-state index < -0.39 is 0 Å². The number of hydrogen-bond donors (Lipinski definition) is 2. The number of nitrogens with zero attached hydrogens (tertiary/aromatic N) is 1. The number of carbonyl (C=O) groups is 1. The van der Waals surface area contributed by atoms with Gasteiger partial charge in [0.15, 0.2) is 0 Å². The minimum absolute atomic E-state index is 0.0110. The van der Waals surface area contributed by atoms with Gasteiger partial charge in [-0.05, 0) is 44.8 Å². The second kappa shape index (κ2) is 6.37. The highest BCUT2D eigenvalue weighted by atomic mass is 35.5. The summed E-state index contributed by atoms with van der Waals surface area (Å²) in [6.45, 7) is 1.68. The van der Waals surface area contributed by atoms with Gasteiger partial charge in [-0.2, -0.15) is 0 Å². The Kier molecular flexibility index (Phi) is 4.80. The van der Waals surface area contributed by atoms with Crippen LogP contribution in [0.1, 0.15) is 6.42 Å². The lowest BCUT2D eigenvalue weighted by atomic mass is 9.94. The number of halogens is 1. The van der Waals surface area contributed by atoms with E-state index in [1.165, 1.54) is 0 Å². The monoisotopic (exact) mass is 281 g/mol. The molecular weight excluding hydrogens is 262 g/mol. The van der Waals surface area contributed by atoms with Crippen molar-refractivity contribution in [3.05, 3.63) is 29.3 Å². The fraction of sp³-hybridized carbons (Fsp3) is 0.500. The van der Waals surface area contributed by atoms with Crippen molar-refractivity contribution in [3.8, 4) is 0 Å². The molecule has 1 aromatic carbocycles. The lowest BCUT2D eigenvalue weighted by Crippen LogP contribution is -2.49. The molecule has 0 spiro atoms. The molecule has 1 aliphatic rings. The highest BCUT2D eigenvalue weighted by Crippen LogP contribution is 2.18. The largest absolute Gasteiger partial charge is 0.326 e. The van der Waals surface area contributed by atoms with Gasteiger partial charge in [-0.1, -0.05) is 11.6 Å². The van der Waals surface area contributed by atoms with E-state index in [2.05, 4.69) is 15.5 Å². The molecule has 5 heteroatoms. The molecule has 1 aliphatic heterocycles. The van der Waals surface area contributed by atoms with Gasteiger partial charge in [0.05, 0.1) is 5.92 Å². The molecule has 0 aromatic heterocycles. The Bertz CT molecular complexity index is 433. The van der Waals surface area contributed by atoms with E-state index in [0.29, 0.717) is 11.1 Å². The van der Waals surface area contributed by atoms with Crippen molar-refractivity contribution >= 4 is 23.2 Å². The van der Waals surface area contributed by atoms with Crippen LogP contribution in [0.3, 0.4) is 0 Å². The van der Waals surface area contributed by atoms with Crippen LogP contribution >= 0.6 is 11.6 Å². The van der Waals surface area contributed by atoms with Gasteiger partial charge in [0, 0.05) is 29.8 Å². The van der Waals surface area contributed by atoms with E-state index in [4.69, 9.17) is 11.6 Å². The minimum Gasteiger partial charge on any atom is -0.326 e. The van der Waals surface area contributed by atoms with Gasteiger partial charge < -0.3 is 15.5 Å². The molecule has 0 saturated carbocycles. The number of piperidine rings is 1. The van der Waals surface area contributed by atoms with E-state index in [-0.39, 0.29) is 11.8 Å². The predicted octanol–water partition coefficient (Wildman–Crippen LogP) is 1.82. The first-order valence-corrected chi connectivity index (χ1v) is 6.87. The third-order valence-corrected chi connectivity index (χ3v) is 3.79. The first kappa shape index (κ1) is 14.3. The van der Waals surface area contributed by atoms with Crippen LogP contribution in [0.4, 0.5) is 5.69 Å². The molecule has 2 N–H and O–H groups in total. The number of likely N-dealkylation sites (N-methyl/N-ethyl adjacent to an activating group) is 1. The maximum Gasteiger partial charge on any atom is 0.228 e. The summed E-state index contributed by atoms with van der Waals surface area (Å²) in [5.41, 5.74) is 0.793. The van der Waals surface area contributed by atoms with Gasteiger partial charge in [0.2, 0.25) is 5.91 Å². The summed E-state index contributed by atoms with van der Waals surface area (Å²) in [6.07, 6.45) is 0.888. The summed E-state index contributed by atoms with van der Waals surface area (Å²) in [4.78, 5) is 14.4. The van der Waals surface area contributed by atoms with Crippen molar-refractivity contribution in [1.82, 2.24) is 10.2 Å². The summed E-state index contributed by atoms with van der Waals surface area (Å²) in [6, 6.07) is 7.60. The van der Waals surface area contributed by atoms with Crippen LogP contribution in [-0.4, -0.2) is 44.0 Å². The Morgan fingerprint density at radius 3 is 2.63 bits per heavy atom. The van der Waals surface area contributed by atoms with Gasteiger partial charge in [-0.3, -0.25) is 4.79 Å². The second-order valence-corrected chi connectivity index (χ2v) is 5.64. The first-order chi connectivity index (χ1) is 9.06. The molecular formula is C14H20ClN3O. The van der Waals surface area contributed by atoms with Gasteiger partial charge >= 0.3 is 0 Å². The normalized spacial score (nSPS) is 23.4. The standard InChI is InChI=1S/C14H20ClN3O/c1-18(2)13-7-10(8-16-9-13)14(19)17-12-5-3-11(15)4-6-12/h3-6,10,13,16H,7-9H2,1-2H3,(H,17,19). The van der Waals surface area contributed by atoms with Crippen LogP contribution in [-0.2, 0) is 4.79 Å². The zero-order chi connectivity index (χ0) is 13.8. The first-order valence-electron chi connectivity index (χ1n) is 6.50. The molecule has 1 fully saturated rings. The second-order valence-electron chi connectivity index (χ2n) is 5.20. The summed E-state index contributed by atoms with van der Waals surface area (Å²) < 4.78 is 0. The quantitative estimate of drug-likeness (QED) is 0.888. The molecule has 2 unspecified atom stereocenters. The molecule has 0 radical (unpaired) electrons. The molecule has 19 heavy (non-hydrogen) atoms. The molecule has 2 rings (SSSR count). The fourth-order valence-corrected chi connectivity index (χ4v) is 2.42. The topological polar surface area (TPSA) is 44.4 Å². The lowest BCUT2D eigenvalue weighted by molar-refractivity contribution is -0.120. The smallest absolute Gasteiger partial charge is 0.228 e. The summed E-state index contributed by atoms with van der Waals surface area (Å²) in [5.74, 6) is 0.0817. The molecule has 4 nitrogen and oxygen atoms in total. The van der Waals surface area contributed by atoms with Crippen LogP contribution in [0.15, 0.2) is 24.3 Å². The Morgan fingerprint density at radius 2 is 2.00 bits per heavy atom. The fourth-order valence-electron chi connectivity index (χ4n) is 2.29. The highest BCUT2D eigenvalue weighted by molar-refractivity contribution is 6.30. The van der Waals surface area contributed by atoms with Gasteiger partial charge in [0.1, 0.15) is 0 Å². The summed E-state index contributed by atoms with van der Waals surface area (Å²) in [5, 5.41) is 6.93. The maximum absolute atomic E-state index is 12.2. The van der Waals surface area contributed by atoms with Crippen molar-refractivity contribution < 1.29 is 4.79 Å². The Labute approximate surface area is 119 Å². The average Bonchev–Trinajstić information content (AvgIpc) is 2.41. The molecule has 1 saturated heterocycles. The lowest BCUT2D eigenvalue weighted by Gasteiger charge is -2.33. The van der Waals surface area contributed by atoms with Crippen molar-refractivity contribution in [2.45, 2.75) is 12.5 Å². The van der Waals surface area contributed by atoms with Crippen LogP contribution in [0.2, 0.25) is 5.02 Å². The number of benzene rings is 1. The van der Waals surface area contributed by atoms with Gasteiger partial charge in [0.25, 0.3) is 0 Å². The Hall–Kier alpha value is -1.10. The molecule has 2 atom stereocenters. The van der Waals surface area contributed by atoms with Crippen LogP contribution in [0, 0.1) is 5.92 Å². The minimum atomic E-state index is 0.0110. The number of nitrogens with one attached hydrogen (secondary N) is 2. The predicted molar refractivity (Wildman–Crippen MR) is 78.5 cm³/mol. The highest BCUT2D eigenvalue weighted by Gasteiger charge is 2.28. The molecule has 0 bridgehead atoms. The zero-order valence-corrected chi connectivity index (χ0v) is 12.1. The van der Waals surface area contributed by atoms with E-state index in [1.54, 1.807) is 12.1 Å². The molecule has 1 aromatic rings. The van der Waals surface area contributed by atoms with Crippen LogP contribution < -0.4 is 10.6 Å². The van der Waals surface area contributed by atoms with Crippen LogP contribution in [0.5, 0.6) is 0 Å². The summed E-state index contributed by atoms with van der Waals surface area (Å²) in [7, 11) is 4.09. The van der Waals surface area contributed by atoms with Crippen molar-refractivity contribution in [2.24, 2.45) is 5.92 Å². The van der Waals surface area contributed by atoms with Gasteiger partial charge in [-0.25, -0.2) is 0 Å².